The van der Waals surface area contributed by atoms with Gasteiger partial charge in [0.2, 0.25) is 0 Å². The van der Waals surface area contributed by atoms with E-state index in [2.05, 4.69) is 5.32 Å². The average molecular weight is 278 g/mol. The summed E-state index contributed by atoms with van der Waals surface area (Å²) in [4.78, 5) is 11.7. The maximum atomic E-state index is 11.7. The smallest absolute Gasteiger partial charge is 0.340 e. The standard InChI is InChI=1S/C15H22N2O3/c1-9-7-11(8-13(14(9)16)15(19)20-2)17-10-3-5-12(18)6-4-10/h7-8,10,12,17-18H,3-6,16H2,1-2H3. The van der Waals surface area contributed by atoms with E-state index in [4.69, 9.17) is 10.5 Å². The fourth-order valence-electron chi connectivity index (χ4n) is 2.62. The highest BCUT2D eigenvalue weighted by molar-refractivity contribution is 5.97. The molecule has 5 nitrogen and oxygen atoms in total. The molecule has 0 aliphatic heterocycles. The van der Waals surface area contributed by atoms with Gasteiger partial charge in [-0.05, 0) is 50.3 Å². The number of esters is 1. The number of carbonyl (C=O) groups excluding carboxylic acids is 1. The molecule has 0 unspecified atom stereocenters. The second-order valence-corrected chi connectivity index (χ2v) is 5.40. The number of methoxy groups -OCH3 is 1. The lowest BCUT2D eigenvalue weighted by molar-refractivity contribution is 0.0602. The van der Waals surface area contributed by atoms with Gasteiger partial charge in [-0.25, -0.2) is 4.79 Å². The number of benzene rings is 1. The van der Waals surface area contributed by atoms with Crippen LogP contribution in [0.4, 0.5) is 11.4 Å². The number of nitrogen functional groups attached to an aromatic ring is 1. The largest absolute Gasteiger partial charge is 0.465 e. The van der Waals surface area contributed by atoms with E-state index in [9.17, 15) is 9.90 Å². The SMILES string of the molecule is COC(=O)c1cc(NC2CCC(O)CC2)cc(C)c1N. The second kappa shape index (κ2) is 6.13. The molecule has 0 heterocycles. The molecule has 1 aromatic rings. The summed E-state index contributed by atoms with van der Waals surface area (Å²) < 4.78 is 4.75. The molecule has 0 spiro atoms. The van der Waals surface area contributed by atoms with Crippen molar-refractivity contribution < 1.29 is 14.6 Å². The van der Waals surface area contributed by atoms with E-state index in [0.717, 1.165) is 36.9 Å². The topological polar surface area (TPSA) is 84.6 Å². The minimum absolute atomic E-state index is 0.174. The molecule has 5 heteroatoms. The summed E-state index contributed by atoms with van der Waals surface area (Å²) in [5.41, 5.74) is 8.50. The molecule has 0 saturated heterocycles. The third-order valence-electron chi connectivity index (χ3n) is 3.86. The van der Waals surface area contributed by atoms with Crippen molar-refractivity contribution in [2.45, 2.75) is 44.8 Å². The van der Waals surface area contributed by atoms with E-state index in [-0.39, 0.29) is 6.10 Å². The molecule has 0 amide bonds. The van der Waals surface area contributed by atoms with Crippen LogP contribution in [0, 0.1) is 6.92 Å². The van der Waals surface area contributed by atoms with Crippen LogP contribution in [0.3, 0.4) is 0 Å². The summed E-state index contributed by atoms with van der Waals surface area (Å²) in [6.07, 6.45) is 3.31. The Bertz CT molecular complexity index is 494. The van der Waals surface area contributed by atoms with Gasteiger partial charge in [0, 0.05) is 17.4 Å². The normalized spacial score (nSPS) is 22.4. The summed E-state index contributed by atoms with van der Waals surface area (Å²) in [6, 6.07) is 4.00. The number of nitrogens with one attached hydrogen (secondary N) is 1. The molecule has 4 N–H and O–H groups in total. The van der Waals surface area contributed by atoms with E-state index in [1.54, 1.807) is 6.07 Å². The monoisotopic (exact) mass is 278 g/mol. The molecular weight excluding hydrogens is 256 g/mol. The van der Waals surface area contributed by atoms with Crippen LogP contribution in [0.1, 0.15) is 41.6 Å². The van der Waals surface area contributed by atoms with Crippen LogP contribution >= 0.6 is 0 Å². The number of ether oxygens (including phenoxy) is 1. The van der Waals surface area contributed by atoms with Gasteiger partial charge in [0.15, 0.2) is 0 Å². The fourth-order valence-corrected chi connectivity index (χ4v) is 2.62. The molecule has 1 fully saturated rings. The van der Waals surface area contributed by atoms with Gasteiger partial charge in [0.25, 0.3) is 0 Å². The van der Waals surface area contributed by atoms with Crippen molar-refractivity contribution in [2.24, 2.45) is 0 Å². The van der Waals surface area contributed by atoms with Crippen LogP contribution in [0.2, 0.25) is 0 Å². The van der Waals surface area contributed by atoms with Gasteiger partial charge >= 0.3 is 5.97 Å². The Hall–Kier alpha value is -1.75. The first-order valence-corrected chi connectivity index (χ1v) is 6.94. The maximum absolute atomic E-state index is 11.7. The van der Waals surface area contributed by atoms with Crippen LogP contribution in [0.15, 0.2) is 12.1 Å². The first-order chi connectivity index (χ1) is 9.51. The quantitative estimate of drug-likeness (QED) is 0.582. The molecule has 0 atom stereocenters. The van der Waals surface area contributed by atoms with Crippen molar-refractivity contribution in [3.05, 3.63) is 23.3 Å². The van der Waals surface area contributed by atoms with Gasteiger partial charge in [-0.1, -0.05) is 0 Å². The van der Waals surface area contributed by atoms with E-state index < -0.39 is 5.97 Å². The van der Waals surface area contributed by atoms with Gasteiger partial charge in [0.1, 0.15) is 0 Å². The number of aryl methyl sites for hydroxylation is 1. The molecular formula is C15H22N2O3. The van der Waals surface area contributed by atoms with Crippen LogP contribution in [0.25, 0.3) is 0 Å². The zero-order valence-electron chi connectivity index (χ0n) is 12.0. The number of carbonyl (C=O) groups is 1. The summed E-state index contributed by atoms with van der Waals surface area (Å²) in [7, 11) is 1.35. The number of nitrogens with two attached hydrogens (primary N) is 1. The van der Waals surface area contributed by atoms with Crippen molar-refractivity contribution in [3.8, 4) is 0 Å². The second-order valence-electron chi connectivity index (χ2n) is 5.40. The van der Waals surface area contributed by atoms with Crippen LogP contribution < -0.4 is 11.1 Å². The number of hydrogen-bond donors (Lipinski definition) is 3. The summed E-state index contributed by atoms with van der Waals surface area (Å²) >= 11 is 0. The lowest BCUT2D eigenvalue weighted by Gasteiger charge is -2.27. The lowest BCUT2D eigenvalue weighted by atomic mass is 9.93. The van der Waals surface area contributed by atoms with Crippen molar-refractivity contribution >= 4 is 17.3 Å². The van der Waals surface area contributed by atoms with Gasteiger partial charge in [-0.15, -0.1) is 0 Å². The first kappa shape index (κ1) is 14.7. The summed E-state index contributed by atoms with van der Waals surface area (Å²) in [6.45, 7) is 1.87. The molecule has 1 aliphatic rings. The highest BCUT2D eigenvalue weighted by Gasteiger charge is 2.20. The molecule has 110 valence electrons. The Labute approximate surface area is 119 Å². The molecule has 0 aromatic heterocycles. The van der Waals surface area contributed by atoms with E-state index in [1.165, 1.54) is 7.11 Å². The maximum Gasteiger partial charge on any atom is 0.340 e. The first-order valence-electron chi connectivity index (χ1n) is 6.94. The highest BCUT2D eigenvalue weighted by Crippen LogP contribution is 2.27. The number of aliphatic hydroxyl groups is 1. The number of anilines is 2. The van der Waals surface area contributed by atoms with Crippen molar-refractivity contribution in [1.29, 1.82) is 0 Å². The fraction of sp³-hybridized carbons (Fsp3) is 0.533. The molecule has 1 saturated carbocycles. The zero-order valence-corrected chi connectivity index (χ0v) is 12.0. The minimum Gasteiger partial charge on any atom is -0.465 e. The number of rotatable bonds is 3. The van der Waals surface area contributed by atoms with E-state index >= 15 is 0 Å². The Morgan fingerprint density at radius 3 is 2.60 bits per heavy atom. The third kappa shape index (κ3) is 3.22. The summed E-state index contributed by atoms with van der Waals surface area (Å²) in [5, 5.41) is 12.9. The molecule has 2 rings (SSSR count). The third-order valence-corrected chi connectivity index (χ3v) is 3.86. The van der Waals surface area contributed by atoms with Crippen LogP contribution in [-0.2, 0) is 4.74 Å². The zero-order chi connectivity index (χ0) is 14.7. The van der Waals surface area contributed by atoms with E-state index in [1.807, 2.05) is 13.0 Å². The number of hydrogen-bond acceptors (Lipinski definition) is 5. The van der Waals surface area contributed by atoms with E-state index in [0.29, 0.717) is 17.3 Å². The molecule has 20 heavy (non-hydrogen) atoms. The summed E-state index contributed by atoms with van der Waals surface area (Å²) in [5.74, 6) is -0.423. The van der Waals surface area contributed by atoms with Crippen LogP contribution in [-0.4, -0.2) is 30.3 Å². The Morgan fingerprint density at radius 2 is 2.00 bits per heavy atom. The van der Waals surface area contributed by atoms with Gasteiger partial charge in [-0.2, -0.15) is 0 Å². The van der Waals surface area contributed by atoms with Gasteiger partial charge in [-0.3, -0.25) is 0 Å². The molecule has 1 aromatic carbocycles. The van der Waals surface area contributed by atoms with Gasteiger partial charge < -0.3 is 20.9 Å². The average Bonchev–Trinajstić information content (AvgIpc) is 2.44. The highest BCUT2D eigenvalue weighted by atomic mass is 16.5. The minimum atomic E-state index is -0.423. The molecule has 0 bridgehead atoms. The molecule has 0 radical (unpaired) electrons. The predicted octanol–water partition coefficient (Wildman–Crippen LogP) is 2.08. The Kier molecular flexibility index (Phi) is 4.49. The Morgan fingerprint density at radius 1 is 1.35 bits per heavy atom. The van der Waals surface area contributed by atoms with Gasteiger partial charge in [0.05, 0.1) is 18.8 Å². The van der Waals surface area contributed by atoms with Crippen LogP contribution in [0.5, 0.6) is 0 Å². The lowest BCUT2D eigenvalue weighted by Crippen LogP contribution is -2.28. The predicted molar refractivity (Wildman–Crippen MR) is 78.8 cm³/mol. The Balaban J connectivity index is 2.16. The van der Waals surface area contributed by atoms with Crippen molar-refractivity contribution in [2.75, 3.05) is 18.2 Å². The van der Waals surface area contributed by atoms with Crippen molar-refractivity contribution in [3.63, 3.8) is 0 Å². The number of aliphatic hydroxyl groups excluding tert-OH is 1. The molecule has 1 aliphatic carbocycles. The van der Waals surface area contributed by atoms with Crippen molar-refractivity contribution in [1.82, 2.24) is 0 Å².